The third-order valence-electron chi connectivity index (χ3n) is 6.44. The molecule has 5 aromatic rings. The highest BCUT2D eigenvalue weighted by Gasteiger charge is 2.18. The smallest absolute Gasteiger partial charge is 0.167 e. The van der Waals surface area contributed by atoms with Crippen molar-refractivity contribution in [2.24, 2.45) is 0 Å². The minimum atomic E-state index is 0.639. The number of hydrogen-bond donors (Lipinski definition) is 2. The van der Waals surface area contributed by atoms with Crippen LogP contribution in [0.1, 0.15) is 6.42 Å². The van der Waals surface area contributed by atoms with E-state index in [1.54, 1.807) is 0 Å². The van der Waals surface area contributed by atoms with Crippen LogP contribution in [-0.4, -0.2) is 70.0 Å². The highest BCUT2D eigenvalue weighted by atomic mass is 16.5. The molecule has 2 aromatic heterocycles. The average molecular weight is 419 g/mol. The van der Waals surface area contributed by atoms with Gasteiger partial charge in [-0.05, 0) is 24.6 Å². The predicted octanol–water partition coefficient (Wildman–Crippen LogP) is 2.64. The number of fused-ring (bicyclic) bond motifs is 6. The van der Waals surface area contributed by atoms with Gasteiger partial charge >= 0.3 is 0 Å². The first-order valence-electron chi connectivity index (χ1n) is 11.1. The highest BCUT2D eigenvalue weighted by molar-refractivity contribution is 6.35. The van der Waals surface area contributed by atoms with Crippen LogP contribution in [0, 0.1) is 0 Å². The van der Waals surface area contributed by atoms with Crippen LogP contribution in [0.3, 0.4) is 0 Å². The zero-order valence-electron chi connectivity index (χ0n) is 17.9. The topological polar surface area (TPSA) is 53.3 Å². The van der Waals surface area contributed by atoms with Crippen molar-refractivity contribution in [3.8, 4) is 5.75 Å². The van der Waals surface area contributed by atoms with Crippen LogP contribution in [0.15, 0.2) is 42.5 Å². The van der Waals surface area contributed by atoms with Crippen LogP contribution in [-0.2, 0) is 4.74 Å². The van der Waals surface area contributed by atoms with Crippen LogP contribution in [0.4, 0.5) is 0 Å². The summed E-state index contributed by atoms with van der Waals surface area (Å²) in [7, 11) is 12.2. The van der Waals surface area contributed by atoms with Gasteiger partial charge in [0.15, 0.2) is 5.75 Å². The molecule has 1 saturated heterocycles. The molecule has 0 aliphatic carbocycles. The lowest BCUT2D eigenvalue weighted by molar-refractivity contribution is 0.0358. The minimum absolute atomic E-state index is 0.639. The number of aromatic amines is 2. The Morgan fingerprint density at radius 1 is 0.812 bits per heavy atom. The number of morpholine rings is 1. The number of ether oxygens (including phenoxy) is 2. The van der Waals surface area contributed by atoms with Crippen LogP contribution in [0.2, 0.25) is 0 Å². The summed E-state index contributed by atoms with van der Waals surface area (Å²) < 4.78 is 11.9. The summed E-state index contributed by atoms with van der Waals surface area (Å²) in [6, 6.07) is 14.1. The van der Waals surface area contributed by atoms with Crippen LogP contribution in [0.5, 0.6) is 5.75 Å². The summed E-state index contributed by atoms with van der Waals surface area (Å²) in [6.45, 7) is 5.27. The van der Waals surface area contributed by atoms with E-state index in [2.05, 4.69) is 20.9 Å². The SMILES string of the molecule is [B]c1ccc2[nH]c3c(OCCCN4CCOCC4)c4[nH]c5ccc([B])cc5c4cc3c2c1. The maximum absolute atomic E-state index is 6.46. The van der Waals surface area contributed by atoms with Gasteiger partial charge in [-0.3, -0.25) is 4.90 Å². The van der Waals surface area contributed by atoms with Gasteiger partial charge in [0.25, 0.3) is 0 Å². The molecule has 0 unspecified atom stereocenters. The molecule has 5 nitrogen and oxygen atoms in total. The van der Waals surface area contributed by atoms with Gasteiger partial charge in [-0.2, -0.15) is 0 Å². The standard InChI is InChI=1S/C25H23B2N3O2/c26-15-2-4-21-17(12-15)19-14-20-18-13-16(27)3-5-22(18)29-24(20)25(23(19)28-21)32-9-1-6-30-7-10-31-11-8-30/h2-5,12-14,28-29H,1,6-11H2. The highest BCUT2D eigenvalue weighted by Crippen LogP contribution is 2.40. The van der Waals surface area contributed by atoms with E-state index in [0.717, 1.165) is 99.6 Å². The number of hydrogen-bond acceptors (Lipinski definition) is 3. The monoisotopic (exact) mass is 419 g/mol. The van der Waals surface area contributed by atoms with Gasteiger partial charge in [-0.1, -0.05) is 35.2 Å². The number of rotatable bonds is 5. The Labute approximate surface area is 188 Å². The van der Waals surface area contributed by atoms with Gasteiger partial charge in [-0.25, -0.2) is 0 Å². The molecule has 6 rings (SSSR count). The van der Waals surface area contributed by atoms with Crippen molar-refractivity contribution < 1.29 is 9.47 Å². The van der Waals surface area contributed by atoms with E-state index in [-0.39, 0.29) is 0 Å². The van der Waals surface area contributed by atoms with Crippen molar-refractivity contribution in [1.29, 1.82) is 0 Å². The lowest BCUT2D eigenvalue weighted by atomic mass is 9.93. The Balaban J connectivity index is 1.45. The maximum Gasteiger partial charge on any atom is 0.167 e. The normalized spacial score (nSPS) is 15.4. The largest absolute Gasteiger partial charge is 0.489 e. The van der Waals surface area contributed by atoms with Gasteiger partial charge in [0.1, 0.15) is 15.7 Å². The average Bonchev–Trinajstić information content (AvgIpc) is 3.34. The number of nitrogens with one attached hydrogen (secondary N) is 2. The zero-order valence-corrected chi connectivity index (χ0v) is 17.9. The molecule has 156 valence electrons. The second-order valence-corrected chi connectivity index (χ2v) is 8.57. The molecular weight excluding hydrogens is 396 g/mol. The molecule has 1 aliphatic rings. The number of H-pyrrole nitrogens is 2. The molecule has 1 fully saturated rings. The summed E-state index contributed by atoms with van der Waals surface area (Å²) >= 11 is 0. The number of aromatic nitrogens is 2. The molecule has 0 atom stereocenters. The summed E-state index contributed by atoms with van der Waals surface area (Å²) in [4.78, 5) is 9.55. The molecule has 0 amide bonds. The lowest BCUT2D eigenvalue weighted by Crippen LogP contribution is -2.37. The van der Waals surface area contributed by atoms with Crippen LogP contribution < -0.4 is 15.7 Å². The van der Waals surface area contributed by atoms with Crippen LogP contribution in [0.25, 0.3) is 43.6 Å². The van der Waals surface area contributed by atoms with E-state index in [0.29, 0.717) is 6.61 Å². The minimum Gasteiger partial charge on any atom is -0.489 e. The summed E-state index contributed by atoms with van der Waals surface area (Å²) in [5.41, 5.74) is 5.56. The molecule has 0 bridgehead atoms. The number of benzene rings is 3. The van der Waals surface area contributed by atoms with E-state index in [1.807, 2.05) is 36.4 Å². The fourth-order valence-corrected chi connectivity index (χ4v) is 4.82. The van der Waals surface area contributed by atoms with Gasteiger partial charge in [0.05, 0.1) is 30.9 Å². The molecule has 2 N–H and O–H groups in total. The van der Waals surface area contributed by atoms with Gasteiger partial charge in [0.2, 0.25) is 0 Å². The van der Waals surface area contributed by atoms with Gasteiger partial charge in [-0.15, -0.1) is 0 Å². The van der Waals surface area contributed by atoms with Crippen molar-refractivity contribution in [2.75, 3.05) is 39.5 Å². The first-order chi connectivity index (χ1) is 15.7. The van der Waals surface area contributed by atoms with Crippen molar-refractivity contribution in [3.05, 3.63) is 42.5 Å². The van der Waals surface area contributed by atoms with Gasteiger partial charge in [0, 0.05) is 52.2 Å². The van der Waals surface area contributed by atoms with E-state index < -0.39 is 0 Å². The Kier molecular flexibility index (Phi) is 4.89. The second kappa shape index (κ2) is 7.91. The van der Waals surface area contributed by atoms with E-state index in [9.17, 15) is 0 Å². The molecule has 0 saturated carbocycles. The molecule has 3 aromatic carbocycles. The molecule has 0 spiro atoms. The Hall–Kier alpha value is -2.89. The first kappa shape index (κ1) is 19.8. The van der Waals surface area contributed by atoms with Crippen molar-refractivity contribution in [3.63, 3.8) is 0 Å². The van der Waals surface area contributed by atoms with Crippen molar-refractivity contribution in [1.82, 2.24) is 14.9 Å². The van der Waals surface area contributed by atoms with E-state index in [1.165, 1.54) is 0 Å². The first-order valence-corrected chi connectivity index (χ1v) is 11.1. The third-order valence-corrected chi connectivity index (χ3v) is 6.44. The van der Waals surface area contributed by atoms with Gasteiger partial charge < -0.3 is 19.4 Å². The maximum atomic E-state index is 6.46. The third kappa shape index (κ3) is 3.36. The predicted molar refractivity (Wildman–Crippen MR) is 133 cm³/mol. The van der Waals surface area contributed by atoms with Crippen LogP contribution >= 0.6 is 0 Å². The van der Waals surface area contributed by atoms with E-state index in [4.69, 9.17) is 25.2 Å². The number of nitrogens with zero attached hydrogens (tertiary/aromatic N) is 1. The van der Waals surface area contributed by atoms with Crippen molar-refractivity contribution >= 4 is 70.2 Å². The fourth-order valence-electron chi connectivity index (χ4n) is 4.82. The molecule has 3 heterocycles. The second-order valence-electron chi connectivity index (χ2n) is 8.57. The summed E-state index contributed by atoms with van der Waals surface area (Å²) in [6.07, 6.45) is 0.957. The Morgan fingerprint density at radius 3 is 2.00 bits per heavy atom. The van der Waals surface area contributed by atoms with E-state index >= 15 is 0 Å². The Morgan fingerprint density at radius 2 is 1.41 bits per heavy atom. The van der Waals surface area contributed by atoms with Crippen molar-refractivity contribution in [2.45, 2.75) is 6.42 Å². The fraction of sp³-hybridized carbons (Fsp3) is 0.280. The molecule has 4 radical (unpaired) electrons. The summed E-state index contributed by atoms with van der Waals surface area (Å²) in [5.74, 6) is 0.851. The quantitative estimate of drug-likeness (QED) is 0.340. The summed E-state index contributed by atoms with van der Waals surface area (Å²) in [5, 5.41) is 4.40. The zero-order chi connectivity index (χ0) is 21.7. The molecular formula is C25H23B2N3O2. The lowest BCUT2D eigenvalue weighted by Gasteiger charge is -2.26. The molecule has 1 aliphatic heterocycles. The Bertz CT molecular complexity index is 1360. The molecule has 32 heavy (non-hydrogen) atoms. The molecule has 7 heteroatoms.